The molecule has 1 heterocycles. The molecular weight excluding hydrogens is 390 g/mol. The van der Waals surface area contributed by atoms with Crippen molar-refractivity contribution in [3.8, 4) is 11.5 Å². The molecule has 0 saturated carbocycles. The minimum Gasteiger partial charge on any atom is -0.497 e. The molecule has 2 aromatic carbocycles. The lowest BCUT2D eigenvalue weighted by molar-refractivity contribution is -0.113. The summed E-state index contributed by atoms with van der Waals surface area (Å²) < 4.78 is 11.1. The SMILES string of the molecule is COc1ccc(C=C2SC(=S)N(c3ccc(C)c(Cl)c3)C2=O)c(OC)c1. The van der Waals surface area contributed by atoms with E-state index in [9.17, 15) is 4.79 Å². The second-order valence-corrected chi connectivity index (χ2v) is 7.64. The van der Waals surface area contributed by atoms with Gasteiger partial charge < -0.3 is 9.47 Å². The molecule has 0 bridgehead atoms. The maximum atomic E-state index is 12.9. The van der Waals surface area contributed by atoms with Crippen molar-refractivity contribution in [2.75, 3.05) is 19.1 Å². The molecule has 0 aliphatic carbocycles. The first-order valence-corrected chi connectivity index (χ1v) is 9.31. The van der Waals surface area contributed by atoms with E-state index in [0.29, 0.717) is 31.4 Å². The predicted octanol–water partition coefficient (Wildman–Crippen LogP) is 5.07. The van der Waals surface area contributed by atoms with Crippen molar-refractivity contribution in [2.45, 2.75) is 6.92 Å². The van der Waals surface area contributed by atoms with Crippen molar-refractivity contribution in [1.82, 2.24) is 0 Å². The number of methoxy groups -OCH3 is 2. The van der Waals surface area contributed by atoms with E-state index in [1.165, 1.54) is 16.7 Å². The average Bonchev–Trinajstić information content (AvgIpc) is 2.91. The standard InChI is InChI=1S/C19H16ClNO3S2/c1-11-4-6-13(9-15(11)20)21-18(22)17(26-19(21)25)8-12-5-7-14(23-2)10-16(12)24-3/h4-10H,1-3H3. The molecule has 0 spiro atoms. The van der Waals surface area contributed by atoms with Crippen molar-refractivity contribution in [3.63, 3.8) is 0 Å². The lowest BCUT2D eigenvalue weighted by atomic mass is 10.1. The van der Waals surface area contributed by atoms with E-state index in [4.69, 9.17) is 33.3 Å². The number of aryl methyl sites for hydroxylation is 1. The number of hydrogen-bond donors (Lipinski definition) is 0. The summed E-state index contributed by atoms with van der Waals surface area (Å²) in [7, 11) is 3.16. The number of rotatable bonds is 4. The maximum Gasteiger partial charge on any atom is 0.270 e. The highest BCUT2D eigenvalue weighted by molar-refractivity contribution is 8.27. The molecule has 0 unspecified atom stereocenters. The van der Waals surface area contributed by atoms with E-state index in [2.05, 4.69) is 0 Å². The van der Waals surface area contributed by atoms with Crippen LogP contribution in [0.1, 0.15) is 11.1 Å². The van der Waals surface area contributed by atoms with Gasteiger partial charge in [0.15, 0.2) is 4.32 Å². The van der Waals surface area contributed by atoms with Crippen molar-refractivity contribution in [1.29, 1.82) is 0 Å². The first kappa shape index (κ1) is 18.8. The number of halogens is 1. The quantitative estimate of drug-likeness (QED) is 0.524. The highest BCUT2D eigenvalue weighted by Crippen LogP contribution is 2.38. The van der Waals surface area contributed by atoms with Crippen LogP contribution >= 0.6 is 35.6 Å². The molecule has 1 fully saturated rings. The van der Waals surface area contributed by atoms with Gasteiger partial charge in [-0.1, -0.05) is 41.6 Å². The molecular formula is C19H16ClNO3S2. The van der Waals surface area contributed by atoms with E-state index in [1.807, 2.05) is 31.2 Å². The molecule has 0 atom stereocenters. The highest BCUT2D eigenvalue weighted by Gasteiger charge is 2.33. The molecule has 1 aliphatic rings. The van der Waals surface area contributed by atoms with Crippen LogP contribution in [0.15, 0.2) is 41.3 Å². The summed E-state index contributed by atoms with van der Waals surface area (Å²) in [6.07, 6.45) is 1.77. The summed E-state index contributed by atoms with van der Waals surface area (Å²) in [6, 6.07) is 10.9. The lowest BCUT2D eigenvalue weighted by Crippen LogP contribution is -2.27. The van der Waals surface area contributed by atoms with E-state index >= 15 is 0 Å². The van der Waals surface area contributed by atoms with Crippen LogP contribution in [0, 0.1) is 6.92 Å². The van der Waals surface area contributed by atoms with Gasteiger partial charge >= 0.3 is 0 Å². The molecule has 26 heavy (non-hydrogen) atoms. The molecule has 1 saturated heterocycles. The zero-order valence-electron chi connectivity index (χ0n) is 14.4. The van der Waals surface area contributed by atoms with Crippen molar-refractivity contribution >= 4 is 57.6 Å². The van der Waals surface area contributed by atoms with Gasteiger partial charge in [-0.2, -0.15) is 0 Å². The molecule has 4 nitrogen and oxygen atoms in total. The minimum atomic E-state index is -0.183. The van der Waals surface area contributed by atoms with Crippen LogP contribution < -0.4 is 14.4 Å². The molecule has 0 N–H and O–H groups in total. The van der Waals surface area contributed by atoms with Crippen LogP contribution in [0.4, 0.5) is 5.69 Å². The Kier molecular flexibility index (Phi) is 5.55. The molecule has 134 valence electrons. The number of thiocarbonyl (C=S) groups is 1. The molecule has 1 aliphatic heterocycles. The molecule has 2 aromatic rings. The number of benzene rings is 2. The van der Waals surface area contributed by atoms with Crippen LogP contribution in [-0.4, -0.2) is 24.4 Å². The number of thioether (sulfide) groups is 1. The van der Waals surface area contributed by atoms with Gasteiger partial charge in [0.05, 0.1) is 24.8 Å². The Morgan fingerprint density at radius 1 is 1.15 bits per heavy atom. The molecule has 3 rings (SSSR count). The molecule has 0 aromatic heterocycles. The third-order valence-electron chi connectivity index (χ3n) is 3.93. The molecule has 0 radical (unpaired) electrons. The van der Waals surface area contributed by atoms with Crippen LogP contribution in [0.5, 0.6) is 11.5 Å². The Morgan fingerprint density at radius 3 is 2.58 bits per heavy atom. The Balaban J connectivity index is 1.96. The fraction of sp³-hybridized carbons (Fsp3) is 0.158. The van der Waals surface area contributed by atoms with E-state index in [1.54, 1.807) is 32.4 Å². The van der Waals surface area contributed by atoms with Crippen LogP contribution in [0.2, 0.25) is 5.02 Å². The number of hydrogen-bond acceptors (Lipinski definition) is 5. The van der Waals surface area contributed by atoms with Crippen molar-refractivity contribution in [3.05, 3.63) is 57.5 Å². The summed E-state index contributed by atoms with van der Waals surface area (Å²) >= 11 is 12.8. The Bertz CT molecular complexity index is 927. The lowest BCUT2D eigenvalue weighted by Gasteiger charge is -2.15. The zero-order valence-corrected chi connectivity index (χ0v) is 16.8. The normalized spacial score (nSPS) is 15.7. The summed E-state index contributed by atoms with van der Waals surface area (Å²) in [5, 5.41) is 0.595. The summed E-state index contributed by atoms with van der Waals surface area (Å²) in [6.45, 7) is 1.91. The van der Waals surface area contributed by atoms with Gasteiger partial charge in [-0.3, -0.25) is 9.69 Å². The maximum absolute atomic E-state index is 12.9. The minimum absolute atomic E-state index is 0.183. The van der Waals surface area contributed by atoms with Gasteiger partial charge in [-0.05, 0) is 42.8 Å². The second kappa shape index (κ2) is 7.70. The Hall–Kier alpha value is -2.02. The monoisotopic (exact) mass is 405 g/mol. The number of nitrogens with zero attached hydrogens (tertiary/aromatic N) is 1. The van der Waals surface area contributed by atoms with Crippen LogP contribution in [0.3, 0.4) is 0 Å². The fourth-order valence-electron chi connectivity index (χ4n) is 2.49. The van der Waals surface area contributed by atoms with E-state index in [-0.39, 0.29) is 5.91 Å². The van der Waals surface area contributed by atoms with E-state index < -0.39 is 0 Å². The predicted molar refractivity (Wildman–Crippen MR) is 111 cm³/mol. The fourth-order valence-corrected chi connectivity index (χ4v) is 3.95. The van der Waals surface area contributed by atoms with Crippen LogP contribution in [0.25, 0.3) is 6.08 Å². The van der Waals surface area contributed by atoms with Gasteiger partial charge in [-0.15, -0.1) is 0 Å². The third-order valence-corrected chi connectivity index (χ3v) is 5.64. The second-order valence-electron chi connectivity index (χ2n) is 5.56. The van der Waals surface area contributed by atoms with E-state index in [0.717, 1.165) is 11.1 Å². The zero-order chi connectivity index (χ0) is 18.8. The van der Waals surface area contributed by atoms with Gasteiger partial charge in [-0.25, -0.2) is 0 Å². The summed E-state index contributed by atoms with van der Waals surface area (Å²) in [5.41, 5.74) is 2.38. The van der Waals surface area contributed by atoms with Crippen LogP contribution in [-0.2, 0) is 4.79 Å². The number of carbonyl (C=O) groups excluding carboxylic acids is 1. The number of anilines is 1. The largest absolute Gasteiger partial charge is 0.497 e. The number of ether oxygens (including phenoxy) is 2. The first-order chi connectivity index (χ1) is 12.4. The molecule has 7 heteroatoms. The topological polar surface area (TPSA) is 38.8 Å². The third kappa shape index (κ3) is 3.58. The summed E-state index contributed by atoms with van der Waals surface area (Å²) in [5.74, 6) is 1.12. The Labute approximate surface area is 166 Å². The number of carbonyl (C=O) groups is 1. The van der Waals surface area contributed by atoms with Gasteiger partial charge in [0, 0.05) is 16.7 Å². The average molecular weight is 406 g/mol. The smallest absolute Gasteiger partial charge is 0.270 e. The van der Waals surface area contributed by atoms with Gasteiger partial charge in [0.2, 0.25) is 0 Å². The van der Waals surface area contributed by atoms with Gasteiger partial charge in [0.1, 0.15) is 11.5 Å². The first-order valence-electron chi connectivity index (χ1n) is 7.70. The molecule has 1 amide bonds. The highest BCUT2D eigenvalue weighted by atomic mass is 35.5. The van der Waals surface area contributed by atoms with Crippen molar-refractivity contribution in [2.24, 2.45) is 0 Å². The van der Waals surface area contributed by atoms with Crippen molar-refractivity contribution < 1.29 is 14.3 Å². The summed E-state index contributed by atoms with van der Waals surface area (Å²) in [4.78, 5) is 14.9. The Morgan fingerprint density at radius 2 is 1.92 bits per heavy atom. The number of amides is 1. The van der Waals surface area contributed by atoms with Gasteiger partial charge in [0.25, 0.3) is 5.91 Å².